The van der Waals surface area contributed by atoms with Crippen LogP contribution in [-0.4, -0.2) is 42.9 Å². The first-order valence-corrected chi connectivity index (χ1v) is 7.00. The van der Waals surface area contributed by atoms with E-state index in [1.54, 1.807) is 0 Å². The number of nitrogens with one attached hydrogen (secondary N) is 2. The van der Waals surface area contributed by atoms with Gasteiger partial charge in [0.1, 0.15) is 0 Å². The first kappa shape index (κ1) is 15.8. The highest BCUT2D eigenvalue weighted by Gasteiger charge is 2.31. The molecule has 2 unspecified atom stereocenters. The maximum absolute atomic E-state index is 11.7. The number of hydrogen-bond donors (Lipinski definition) is 3. The smallest absolute Gasteiger partial charge is 0.315 e. The van der Waals surface area contributed by atoms with Crippen molar-refractivity contribution in [2.24, 2.45) is 5.92 Å². The number of carboxylic acid groups (broad SMARTS) is 1. The summed E-state index contributed by atoms with van der Waals surface area (Å²) < 4.78 is 5.16. The van der Waals surface area contributed by atoms with Gasteiger partial charge in [0, 0.05) is 25.8 Å². The molecule has 1 rings (SSSR count). The molecule has 0 radical (unpaired) electrons. The van der Waals surface area contributed by atoms with E-state index in [1.165, 1.54) is 0 Å². The lowest BCUT2D eigenvalue weighted by Gasteiger charge is -2.29. The molecule has 0 aliphatic heterocycles. The van der Waals surface area contributed by atoms with Crippen LogP contribution in [0.2, 0.25) is 0 Å². The molecule has 19 heavy (non-hydrogen) atoms. The number of rotatable bonds is 7. The first-order chi connectivity index (χ1) is 9.15. The Kier molecular flexibility index (Phi) is 7.25. The molecule has 110 valence electrons. The topological polar surface area (TPSA) is 87.7 Å². The van der Waals surface area contributed by atoms with Gasteiger partial charge in [-0.3, -0.25) is 4.79 Å². The number of aliphatic carboxylic acids is 1. The minimum atomic E-state index is -0.818. The average Bonchev–Trinajstić information content (AvgIpc) is 2.39. The zero-order chi connectivity index (χ0) is 14.1. The quantitative estimate of drug-likeness (QED) is 0.611. The van der Waals surface area contributed by atoms with Gasteiger partial charge in [0.2, 0.25) is 0 Å². The summed E-state index contributed by atoms with van der Waals surface area (Å²) in [6.07, 6.45) is 4.03. The number of amides is 2. The fourth-order valence-electron chi connectivity index (χ4n) is 2.34. The van der Waals surface area contributed by atoms with Crippen LogP contribution in [0.5, 0.6) is 0 Å². The predicted octanol–water partition coefficient (Wildman–Crippen LogP) is 1.36. The molecule has 0 aromatic carbocycles. The fourth-order valence-corrected chi connectivity index (χ4v) is 2.34. The van der Waals surface area contributed by atoms with Crippen LogP contribution in [0.4, 0.5) is 4.79 Å². The van der Waals surface area contributed by atoms with Gasteiger partial charge in [-0.1, -0.05) is 12.8 Å². The van der Waals surface area contributed by atoms with Crippen molar-refractivity contribution >= 4 is 12.0 Å². The Hall–Kier alpha value is -1.30. The molecule has 0 spiro atoms. The fraction of sp³-hybridized carbons (Fsp3) is 0.846. The number of carboxylic acids is 1. The van der Waals surface area contributed by atoms with Gasteiger partial charge in [0.15, 0.2) is 0 Å². The molecule has 2 amide bonds. The maximum atomic E-state index is 11.7. The largest absolute Gasteiger partial charge is 0.481 e. The second kappa shape index (κ2) is 8.74. The average molecular weight is 272 g/mol. The molecule has 1 aliphatic rings. The summed E-state index contributed by atoms with van der Waals surface area (Å²) in [6.45, 7) is 3.76. The predicted molar refractivity (Wildman–Crippen MR) is 71.0 cm³/mol. The van der Waals surface area contributed by atoms with E-state index in [1.807, 2.05) is 6.92 Å². The van der Waals surface area contributed by atoms with Gasteiger partial charge in [-0.2, -0.15) is 0 Å². The summed E-state index contributed by atoms with van der Waals surface area (Å²) in [5, 5.41) is 14.6. The first-order valence-electron chi connectivity index (χ1n) is 7.00. The van der Waals surface area contributed by atoms with Gasteiger partial charge >= 0.3 is 12.0 Å². The van der Waals surface area contributed by atoms with Crippen molar-refractivity contribution < 1.29 is 19.4 Å². The van der Waals surface area contributed by atoms with Gasteiger partial charge in [0.05, 0.1) is 5.92 Å². The van der Waals surface area contributed by atoms with Crippen LogP contribution in [0.15, 0.2) is 0 Å². The van der Waals surface area contributed by atoms with Gasteiger partial charge in [-0.05, 0) is 26.2 Å². The lowest BCUT2D eigenvalue weighted by Crippen LogP contribution is -2.49. The van der Waals surface area contributed by atoms with E-state index in [2.05, 4.69) is 10.6 Å². The summed E-state index contributed by atoms with van der Waals surface area (Å²) >= 11 is 0. The van der Waals surface area contributed by atoms with Crippen LogP contribution in [0.1, 0.15) is 39.0 Å². The van der Waals surface area contributed by atoms with E-state index in [-0.39, 0.29) is 12.1 Å². The Morgan fingerprint density at radius 3 is 2.74 bits per heavy atom. The van der Waals surface area contributed by atoms with Gasteiger partial charge in [-0.25, -0.2) is 4.79 Å². The van der Waals surface area contributed by atoms with Gasteiger partial charge in [-0.15, -0.1) is 0 Å². The Morgan fingerprint density at radius 1 is 1.32 bits per heavy atom. The molecule has 0 heterocycles. The summed E-state index contributed by atoms with van der Waals surface area (Å²) in [4.78, 5) is 22.7. The zero-order valence-corrected chi connectivity index (χ0v) is 11.5. The normalized spacial score (nSPS) is 22.8. The van der Waals surface area contributed by atoms with Crippen molar-refractivity contribution in [1.29, 1.82) is 0 Å². The minimum absolute atomic E-state index is 0.252. The number of carbonyl (C=O) groups excluding carboxylic acids is 1. The van der Waals surface area contributed by atoms with Crippen molar-refractivity contribution in [3.8, 4) is 0 Å². The van der Waals surface area contributed by atoms with Crippen molar-refractivity contribution in [1.82, 2.24) is 10.6 Å². The maximum Gasteiger partial charge on any atom is 0.315 e. The van der Waals surface area contributed by atoms with Crippen LogP contribution in [0.3, 0.4) is 0 Å². The van der Waals surface area contributed by atoms with Crippen LogP contribution in [-0.2, 0) is 9.53 Å². The van der Waals surface area contributed by atoms with E-state index in [0.29, 0.717) is 26.2 Å². The highest BCUT2D eigenvalue weighted by molar-refractivity contribution is 5.76. The second-order valence-electron chi connectivity index (χ2n) is 4.79. The Balaban J connectivity index is 2.24. The Bertz CT molecular complexity index is 296. The third kappa shape index (κ3) is 5.92. The molecule has 0 aromatic rings. The number of urea groups is 1. The minimum Gasteiger partial charge on any atom is -0.481 e. The van der Waals surface area contributed by atoms with Crippen molar-refractivity contribution in [3.05, 3.63) is 0 Å². The molecule has 0 bridgehead atoms. The third-order valence-electron chi connectivity index (χ3n) is 3.35. The molecular formula is C13H24N2O4. The van der Waals surface area contributed by atoms with E-state index < -0.39 is 11.9 Å². The van der Waals surface area contributed by atoms with Gasteiger partial charge < -0.3 is 20.5 Å². The Labute approximate surface area is 113 Å². The molecule has 2 atom stereocenters. The number of hydrogen-bond acceptors (Lipinski definition) is 3. The van der Waals surface area contributed by atoms with E-state index in [9.17, 15) is 9.59 Å². The monoisotopic (exact) mass is 272 g/mol. The lowest BCUT2D eigenvalue weighted by atomic mass is 9.84. The lowest BCUT2D eigenvalue weighted by molar-refractivity contribution is -0.143. The van der Waals surface area contributed by atoms with Crippen LogP contribution in [0, 0.1) is 5.92 Å². The standard InChI is InChI=1S/C13H24N2O4/c1-2-19-9-5-8-14-13(18)15-11-7-4-3-6-10(11)12(16)17/h10-11H,2-9H2,1H3,(H,16,17)(H2,14,15,18). The molecule has 0 saturated heterocycles. The van der Waals surface area contributed by atoms with Crippen LogP contribution < -0.4 is 10.6 Å². The zero-order valence-electron chi connectivity index (χ0n) is 11.5. The third-order valence-corrected chi connectivity index (χ3v) is 3.35. The summed E-state index contributed by atoms with van der Waals surface area (Å²) in [7, 11) is 0. The van der Waals surface area contributed by atoms with E-state index >= 15 is 0 Å². The molecular weight excluding hydrogens is 248 g/mol. The summed E-state index contributed by atoms with van der Waals surface area (Å²) in [5.74, 6) is -1.27. The Morgan fingerprint density at radius 2 is 2.05 bits per heavy atom. The molecule has 0 aromatic heterocycles. The number of carbonyl (C=O) groups is 2. The second-order valence-corrected chi connectivity index (χ2v) is 4.79. The molecule has 6 heteroatoms. The molecule has 1 saturated carbocycles. The highest BCUT2D eigenvalue weighted by atomic mass is 16.5. The highest BCUT2D eigenvalue weighted by Crippen LogP contribution is 2.24. The van der Waals surface area contributed by atoms with Crippen molar-refractivity contribution in [2.75, 3.05) is 19.8 Å². The van der Waals surface area contributed by atoms with E-state index in [4.69, 9.17) is 9.84 Å². The molecule has 1 aliphatic carbocycles. The van der Waals surface area contributed by atoms with E-state index in [0.717, 1.165) is 25.7 Å². The van der Waals surface area contributed by atoms with Crippen molar-refractivity contribution in [2.45, 2.75) is 45.1 Å². The number of ether oxygens (including phenoxy) is 1. The SMILES string of the molecule is CCOCCCNC(=O)NC1CCCCC1C(=O)O. The summed E-state index contributed by atoms with van der Waals surface area (Å²) in [5.41, 5.74) is 0. The van der Waals surface area contributed by atoms with Crippen LogP contribution in [0.25, 0.3) is 0 Å². The van der Waals surface area contributed by atoms with Crippen LogP contribution >= 0.6 is 0 Å². The molecule has 1 fully saturated rings. The van der Waals surface area contributed by atoms with Crippen molar-refractivity contribution in [3.63, 3.8) is 0 Å². The van der Waals surface area contributed by atoms with Gasteiger partial charge in [0.25, 0.3) is 0 Å². The molecule has 3 N–H and O–H groups in total. The molecule has 6 nitrogen and oxygen atoms in total. The summed E-state index contributed by atoms with van der Waals surface area (Å²) in [6, 6.07) is -0.534.